The maximum Gasteiger partial charge on any atom is 0.451 e. The van der Waals surface area contributed by atoms with E-state index in [1.807, 2.05) is 0 Å². The molecule has 0 radical (unpaired) electrons. The van der Waals surface area contributed by atoms with Crippen LogP contribution >= 0.6 is 0 Å². The highest BCUT2D eigenvalue weighted by Gasteiger charge is 2.52. The van der Waals surface area contributed by atoms with Gasteiger partial charge in [0.05, 0.1) is 0 Å². The molecule has 0 saturated carbocycles. The average Bonchev–Trinajstić information content (AvgIpc) is 2.76. The normalized spacial score (nSPS) is 27.1. The van der Waals surface area contributed by atoms with Gasteiger partial charge in [0.15, 0.2) is 0 Å². The molecule has 1 saturated heterocycles. The summed E-state index contributed by atoms with van der Waals surface area (Å²) < 4.78 is 27.7. The van der Waals surface area contributed by atoms with Crippen LogP contribution in [0.3, 0.4) is 0 Å². The zero-order valence-electron chi connectivity index (χ0n) is 13.1. The van der Waals surface area contributed by atoms with Crippen LogP contribution in [0.4, 0.5) is 0 Å². The van der Waals surface area contributed by atoms with Crippen LogP contribution in [-0.4, -0.2) is 72.2 Å². The fourth-order valence-corrected chi connectivity index (χ4v) is 3.96. The lowest BCUT2D eigenvalue weighted by atomic mass is 9.78. The van der Waals surface area contributed by atoms with E-state index in [1.165, 1.54) is 0 Å². The smallest absolute Gasteiger partial charge is 0.451 e. The summed E-state index contributed by atoms with van der Waals surface area (Å²) in [6.07, 6.45) is 0.678. The fourth-order valence-electron chi connectivity index (χ4n) is 2.54. The zero-order chi connectivity index (χ0) is 17.8. The molecule has 1 aliphatic heterocycles. The van der Waals surface area contributed by atoms with Gasteiger partial charge in [-0.2, -0.15) is 12.7 Å². The van der Waals surface area contributed by atoms with Gasteiger partial charge in [-0.3, -0.25) is 4.79 Å². The Labute approximate surface area is 136 Å². The van der Waals surface area contributed by atoms with Gasteiger partial charge in [0.1, 0.15) is 5.54 Å². The lowest BCUT2D eigenvalue weighted by Crippen LogP contribution is -2.55. The Bertz CT molecular complexity index is 517. The first kappa shape index (κ1) is 20.3. The molecule has 1 fully saturated rings. The number of hydrogen-bond donors (Lipinski definition) is 6. The van der Waals surface area contributed by atoms with Gasteiger partial charge in [-0.25, -0.2) is 4.72 Å². The van der Waals surface area contributed by atoms with Crippen molar-refractivity contribution in [3.05, 3.63) is 0 Å². The number of aliphatic carboxylic acids is 1. The minimum atomic E-state index is -3.87. The number of hydrogen-bond acceptors (Lipinski definition) is 7. The predicted octanol–water partition coefficient (Wildman–Crippen LogP) is -2.87. The molecule has 0 aromatic heterocycles. The predicted molar refractivity (Wildman–Crippen MR) is 84.4 cm³/mol. The molecule has 10 nitrogen and oxygen atoms in total. The van der Waals surface area contributed by atoms with E-state index in [0.29, 0.717) is 6.42 Å². The minimum Gasteiger partial charge on any atom is -0.480 e. The first-order valence-electron chi connectivity index (χ1n) is 7.37. The van der Waals surface area contributed by atoms with Crippen LogP contribution < -0.4 is 16.2 Å². The maximum atomic E-state index is 12.2. The molecule has 1 aliphatic rings. The summed E-state index contributed by atoms with van der Waals surface area (Å²) in [7, 11) is -5.36. The van der Waals surface area contributed by atoms with Crippen molar-refractivity contribution in [1.82, 2.24) is 9.03 Å². The Morgan fingerprint density at radius 3 is 2.61 bits per heavy atom. The van der Waals surface area contributed by atoms with Gasteiger partial charge in [-0.15, -0.1) is 0 Å². The molecule has 12 heteroatoms. The SMILES string of the molecule is C[C@H](N)CNS(=O)(=O)N1C[C@@H](CCCB(O)O)[C@@](N)(C(=O)O)C1. The highest BCUT2D eigenvalue weighted by molar-refractivity contribution is 7.87. The number of nitrogens with zero attached hydrogens (tertiary/aromatic N) is 1. The summed E-state index contributed by atoms with van der Waals surface area (Å²) in [5, 5.41) is 27.1. The van der Waals surface area contributed by atoms with Crippen LogP contribution in [0.25, 0.3) is 0 Å². The molecule has 0 aromatic carbocycles. The van der Waals surface area contributed by atoms with Crippen molar-refractivity contribution in [3.63, 3.8) is 0 Å². The van der Waals surface area contributed by atoms with Crippen molar-refractivity contribution in [1.29, 1.82) is 0 Å². The van der Waals surface area contributed by atoms with E-state index in [0.717, 1.165) is 4.31 Å². The Kier molecular flexibility index (Phi) is 6.95. The van der Waals surface area contributed by atoms with Gasteiger partial charge >= 0.3 is 13.1 Å². The van der Waals surface area contributed by atoms with Crippen LogP contribution in [0.5, 0.6) is 0 Å². The minimum absolute atomic E-state index is 0.0326. The van der Waals surface area contributed by atoms with Gasteiger partial charge in [0.2, 0.25) is 0 Å². The molecule has 0 aliphatic carbocycles. The summed E-state index contributed by atoms with van der Waals surface area (Å²) in [6.45, 7) is 1.28. The first-order chi connectivity index (χ1) is 10.5. The molecule has 23 heavy (non-hydrogen) atoms. The Balaban J connectivity index is 2.81. The maximum absolute atomic E-state index is 12.2. The topological polar surface area (TPSA) is 179 Å². The second-order valence-corrected chi connectivity index (χ2v) is 7.83. The molecule has 1 rings (SSSR count). The zero-order valence-corrected chi connectivity index (χ0v) is 13.9. The molecule has 0 unspecified atom stereocenters. The highest BCUT2D eigenvalue weighted by atomic mass is 32.2. The van der Waals surface area contributed by atoms with Crippen molar-refractivity contribution < 1.29 is 28.4 Å². The third-order valence-corrected chi connectivity index (χ3v) is 5.42. The second-order valence-electron chi connectivity index (χ2n) is 6.08. The standard InChI is InChI=1S/C11H25BN4O6S/c1-8(13)5-15-23(21,22)16-6-9(3-2-4-12(19)20)11(14,7-16)10(17)18/h8-9,15,19-20H,2-7,13-14H2,1H3,(H,17,18)/t8-,9+,11+/m0/s1. The van der Waals surface area contributed by atoms with Crippen LogP contribution in [-0.2, 0) is 15.0 Å². The molecule has 134 valence electrons. The molecular formula is C11H25BN4O6S. The Morgan fingerprint density at radius 1 is 1.52 bits per heavy atom. The molecule has 0 aromatic rings. The third kappa shape index (κ3) is 5.38. The van der Waals surface area contributed by atoms with E-state index in [9.17, 15) is 18.3 Å². The van der Waals surface area contributed by atoms with Crippen molar-refractivity contribution in [2.24, 2.45) is 17.4 Å². The van der Waals surface area contributed by atoms with Crippen molar-refractivity contribution in [2.45, 2.75) is 37.7 Å². The van der Waals surface area contributed by atoms with Crippen molar-refractivity contribution in [2.75, 3.05) is 19.6 Å². The summed E-state index contributed by atoms with van der Waals surface area (Å²) >= 11 is 0. The molecule has 3 atom stereocenters. The van der Waals surface area contributed by atoms with E-state index >= 15 is 0 Å². The van der Waals surface area contributed by atoms with Crippen LogP contribution in [0, 0.1) is 5.92 Å². The number of carboxylic acid groups (broad SMARTS) is 1. The van der Waals surface area contributed by atoms with E-state index in [2.05, 4.69) is 4.72 Å². The van der Waals surface area contributed by atoms with E-state index in [-0.39, 0.29) is 38.4 Å². The summed E-state index contributed by atoms with van der Waals surface area (Å²) in [4.78, 5) is 11.5. The van der Waals surface area contributed by atoms with Gasteiger partial charge in [0.25, 0.3) is 10.2 Å². The summed E-state index contributed by atoms with van der Waals surface area (Å²) in [5.74, 6) is -1.90. The van der Waals surface area contributed by atoms with Crippen molar-refractivity contribution >= 4 is 23.3 Å². The average molecular weight is 352 g/mol. The van der Waals surface area contributed by atoms with E-state index < -0.39 is 34.8 Å². The monoisotopic (exact) mass is 352 g/mol. The van der Waals surface area contributed by atoms with Gasteiger partial charge in [-0.05, 0) is 19.7 Å². The third-order valence-electron chi connectivity index (χ3n) is 3.93. The van der Waals surface area contributed by atoms with E-state index in [4.69, 9.17) is 21.5 Å². The lowest BCUT2D eigenvalue weighted by Gasteiger charge is -2.25. The molecular weight excluding hydrogens is 327 g/mol. The molecule has 0 amide bonds. The molecule has 0 bridgehead atoms. The van der Waals surface area contributed by atoms with Crippen molar-refractivity contribution in [3.8, 4) is 0 Å². The van der Waals surface area contributed by atoms with Gasteiger partial charge in [0, 0.05) is 31.6 Å². The summed E-state index contributed by atoms with van der Waals surface area (Å²) in [5.41, 5.74) is 9.73. The Morgan fingerprint density at radius 2 is 2.13 bits per heavy atom. The summed E-state index contributed by atoms with van der Waals surface area (Å²) in [6, 6.07) is -0.378. The molecule has 0 spiro atoms. The van der Waals surface area contributed by atoms with E-state index in [1.54, 1.807) is 6.92 Å². The fraction of sp³-hybridized carbons (Fsp3) is 0.909. The van der Waals surface area contributed by atoms with Gasteiger partial charge in [-0.1, -0.05) is 6.42 Å². The highest BCUT2D eigenvalue weighted by Crippen LogP contribution is 2.31. The number of nitrogens with one attached hydrogen (secondary N) is 1. The second kappa shape index (κ2) is 7.88. The number of rotatable bonds is 9. The van der Waals surface area contributed by atoms with Crippen LogP contribution in [0.2, 0.25) is 6.32 Å². The first-order valence-corrected chi connectivity index (χ1v) is 8.81. The lowest BCUT2D eigenvalue weighted by molar-refractivity contribution is -0.144. The van der Waals surface area contributed by atoms with Crippen LogP contribution in [0.15, 0.2) is 0 Å². The number of nitrogens with two attached hydrogens (primary N) is 2. The van der Waals surface area contributed by atoms with Crippen LogP contribution in [0.1, 0.15) is 19.8 Å². The molecule has 8 N–H and O–H groups in total. The quantitative estimate of drug-likeness (QED) is 0.240. The largest absolute Gasteiger partial charge is 0.480 e. The number of carbonyl (C=O) groups is 1. The number of carboxylic acids is 1. The van der Waals surface area contributed by atoms with Gasteiger partial charge < -0.3 is 26.6 Å². The molecule has 1 heterocycles. The Hall–Kier alpha value is -0.755.